The molecule has 0 radical (unpaired) electrons. The zero-order valence-corrected chi connectivity index (χ0v) is 70.0. The van der Waals surface area contributed by atoms with Crippen molar-refractivity contribution < 1.29 is 119 Å². The maximum absolute atomic E-state index is 14.9. The molecule has 0 spiro atoms. The van der Waals surface area contributed by atoms with Crippen LogP contribution in [0.1, 0.15) is 185 Å². The lowest BCUT2D eigenvalue weighted by Crippen LogP contribution is -2.49. The number of fused-ring (bicyclic) bond motifs is 6. The molecule has 12 rings (SSSR count). The Morgan fingerprint density at radius 3 is 1.22 bits per heavy atom. The molecule has 6 fully saturated rings. The Kier molecular flexibility index (Phi) is 26.1. The van der Waals surface area contributed by atoms with E-state index in [0.29, 0.717) is 73.9 Å². The van der Waals surface area contributed by atoms with Crippen LogP contribution in [0.15, 0.2) is 72.8 Å². The molecule has 0 unspecified atom stereocenters. The number of esters is 2. The number of amides is 4. The number of pyridine rings is 2. The Hall–Kier alpha value is -8.56. The van der Waals surface area contributed by atoms with E-state index in [4.69, 9.17) is 28.4 Å². The number of allylic oxidation sites excluding steroid dienone is 4. The summed E-state index contributed by atoms with van der Waals surface area (Å²) >= 11 is 0. The maximum atomic E-state index is 14.9. The highest BCUT2D eigenvalue weighted by Crippen LogP contribution is 2.60. The molecule has 2 aromatic carbocycles. The molecule has 8 aliphatic rings. The van der Waals surface area contributed by atoms with Gasteiger partial charge in [0.15, 0.2) is 22.8 Å². The summed E-state index contributed by atoms with van der Waals surface area (Å²) < 4.78 is 202. The van der Waals surface area contributed by atoms with E-state index in [2.05, 4.69) is 19.4 Å². The predicted molar refractivity (Wildman–Crippen MR) is 416 cm³/mol. The van der Waals surface area contributed by atoms with Crippen molar-refractivity contribution in [2.75, 3.05) is 40.7 Å². The smallest absolute Gasteiger partial charge is 0.307 e. The number of hydrogen-bond donors (Lipinski definition) is 2. The summed E-state index contributed by atoms with van der Waals surface area (Å²) in [6, 6.07) is 8.47. The number of ether oxygens (including phenoxy) is 6. The third-order valence-electron chi connectivity index (χ3n) is 25.7. The Bertz CT molecular complexity index is 4540. The minimum atomic E-state index is -4.42. The Morgan fingerprint density at radius 1 is 0.542 bits per heavy atom. The van der Waals surface area contributed by atoms with Crippen LogP contribution < -0.4 is 28.4 Å². The number of hydrogen-bond acceptors (Lipinski definition) is 20. The van der Waals surface area contributed by atoms with Crippen molar-refractivity contribution in [3.05, 3.63) is 84.5 Å². The minimum absolute atomic E-state index is 0.0136. The molecule has 118 heavy (non-hydrogen) atoms. The molecule has 2 aromatic heterocycles. The van der Waals surface area contributed by atoms with Gasteiger partial charge in [-0.2, -0.15) is 9.97 Å². The van der Waals surface area contributed by atoms with Crippen LogP contribution in [0.25, 0.3) is 21.5 Å². The molecular formula is C84H106F8N6O18S2. The highest BCUT2D eigenvalue weighted by molar-refractivity contribution is 7.92. The van der Waals surface area contributed by atoms with Gasteiger partial charge in [-0.1, -0.05) is 52.0 Å². The third-order valence-corrected chi connectivity index (χ3v) is 29.9. The molecule has 34 heteroatoms. The molecule has 4 saturated carbocycles. The molecule has 4 aromatic rings. The van der Waals surface area contributed by atoms with E-state index in [1.807, 2.05) is 26.0 Å². The van der Waals surface area contributed by atoms with Crippen molar-refractivity contribution in [2.24, 2.45) is 58.2 Å². The van der Waals surface area contributed by atoms with Crippen LogP contribution in [-0.2, 0) is 67.9 Å². The number of aromatic nitrogens is 2. The largest absolute Gasteiger partial charge is 0.481 e. The monoisotopic (exact) mass is 1700 g/mol. The molecule has 6 heterocycles. The Morgan fingerprint density at radius 2 is 0.898 bits per heavy atom. The highest BCUT2D eigenvalue weighted by Gasteiger charge is 2.66. The van der Waals surface area contributed by atoms with Gasteiger partial charge in [0.2, 0.25) is 67.2 Å². The zero-order valence-electron chi connectivity index (χ0n) is 68.4. The third kappa shape index (κ3) is 19.3. The van der Waals surface area contributed by atoms with Crippen LogP contribution >= 0.6 is 0 Å². The van der Waals surface area contributed by atoms with Gasteiger partial charge in [0.1, 0.15) is 46.7 Å². The topological polar surface area (TPSA) is 317 Å². The van der Waals surface area contributed by atoms with Crippen LogP contribution in [0.2, 0.25) is 0 Å². The van der Waals surface area contributed by atoms with Gasteiger partial charge in [-0.3, -0.25) is 47.8 Å². The van der Waals surface area contributed by atoms with Crippen molar-refractivity contribution in [3.8, 4) is 23.5 Å². The Balaban J connectivity index is 0.000000231. The van der Waals surface area contributed by atoms with E-state index < -0.39 is 221 Å². The van der Waals surface area contributed by atoms with E-state index in [-0.39, 0.29) is 99.8 Å². The molecule has 0 bridgehead atoms. The summed E-state index contributed by atoms with van der Waals surface area (Å²) in [6.45, 7) is 10.4. The van der Waals surface area contributed by atoms with Crippen molar-refractivity contribution in [1.82, 2.24) is 29.2 Å². The van der Waals surface area contributed by atoms with Crippen molar-refractivity contribution in [1.29, 1.82) is 0 Å². The molecule has 4 aliphatic carbocycles. The molecule has 2 saturated heterocycles. The van der Waals surface area contributed by atoms with E-state index >= 15 is 0 Å². The summed E-state index contributed by atoms with van der Waals surface area (Å²) in [7, 11) is -6.09. The predicted octanol–water partition coefficient (Wildman–Crippen LogP) is 13.3. The number of benzene rings is 2. The first-order valence-electron chi connectivity index (χ1n) is 40.2. The van der Waals surface area contributed by atoms with E-state index in [1.54, 1.807) is 26.0 Å². The van der Waals surface area contributed by atoms with Crippen LogP contribution in [0.4, 0.5) is 35.1 Å². The second-order valence-electron chi connectivity index (χ2n) is 35.4. The summed E-state index contributed by atoms with van der Waals surface area (Å²) in [5, 5.41) is 1.65. The van der Waals surface area contributed by atoms with Gasteiger partial charge >= 0.3 is 11.9 Å². The summed E-state index contributed by atoms with van der Waals surface area (Å²) in [5.41, 5.74) is -7.39. The fourth-order valence-electron chi connectivity index (χ4n) is 16.7. The quantitative estimate of drug-likeness (QED) is 0.0419. The molecule has 24 nitrogen and oxygen atoms in total. The van der Waals surface area contributed by atoms with E-state index in [0.717, 1.165) is 27.7 Å². The first-order valence-corrected chi connectivity index (χ1v) is 43.1. The van der Waals surface area contributed by atoms with Gasteiger partial charge in [0.05, 0.1) is 74.9 Å². The van der Waals surface area contributed by atoms with Crippen molar-refractivity contribution in [3.63, 3.8) is 0 Å². The van der Waals surface area contributed by atoms with Gasteiger partial charge in [0, 0.05) is 62.4 Å². The number of Topliss-reactive ketones (excluding diaryl/α,β-unsaturated/α-hetero) is 2. The van der Waals surface area contributed by atoms with Crippen LogP contribution in [0, 0.1) is 69.8 Å². The first-order chi connectivity index (χ1) is 55.1. The number of rotatable bonds is 22. The van der Waals surface area contributed by atoms with Gasteiger partial charge in [-0.05, 0) is 187 Å². The first kappa shape index (κ1) is 90.2. The van der Waals surface area contributed by atoms with Gasteiger partial charge < -0.3 is 38.2 Å². The van der Waals surface area contributed by atoms with Crippen molar-refractivity contribution >= 4 is 88.7 Å². The lowest BCUT2D eigenvalue weighted by atomic mass is 9.82. The number of carbonyl (C=O) groups excluding carboxylic acids is 8. The van der Waals surface area contributed by atoms with Crippen LogP contribution in [0.5, 0.6) is 23.5 Å². The number of methoxy groups -OCH3 is 2. The molecule has 4 aliphatic heterocycles. The Labute approximate surface area is 681 Å². The molecule has 2 N–H and O–H groups in total. The number of halogens is 8. The molecule has 4 amide bonds. The molecule has 14 atom stereocenters. The minimum Gasteiger partial charge on any atom is -0.481 e. The SMILES string of the molecule is COc1cc2cc(F)ccc2c(O[C@@H]2C[C@H]3C(=O)C[C@]4(C(=O)NS(=O)(=O)C5(CF)CC5)C[C@H]4/C=C\CC[C@@H](C)C[C@@H](C)[C@H](CC(=O)OC(C)(C)C(C)(F)F)C(=O)N3C2)n1.COc1cc2cc(F)ccc2c(O[C@@H]2C[C@H]3C(=O)C[C@]4(C(=O)NS(=O)(=O)C5(CF)CC5)C[C@H]4/C=C\CC[C@H](C)C[C@@H](C)[C@H](CC(=O)OC(C)(C)C(C)(F)F)C(=O)N3C2)n1. The second kappa shape index (κ2) is 34.2. The average Bonchev–Trinajstić information content (AvgIpc) is 1.57. The van der Waals surface area contributed by atoms with E-state index in [9.17, 15) is 90.3 Å². The summed E-state index contributed by atoms with van der Waals surface area (Å²) in [5.74, 6) is -18.1. The molecular weight excluding hydrogens is 1600 g/mol. The normalized spacial score (nSPS) is 29.4. The number of ketones is 2. The van der Waals surface area contributed by atoms with Crippen molar-refractivity contribution in [2.45, 2.75) is 242 Å². The zero-order chi connectivity index (χ0) is 86.6. The molecule has 648 valence electrons. The standard InChI is InChI=1S/2C42H53F4N3O9S/c2*1-24-9-7-8-10-27-20-42(27,38(53)48-59(54,55)41(23-43)13-14-41)21-33(50)32-18-29(57-36-30-12-11-28(44)16-26(30)17-34(47-36)56-6)22-49(32)37(52)31(25(2)15-24)19-35(51)58-39(3,4)40(5,45)46/h2*8,10-12,16-17,24-25,27,29,31-32H,7,9,13-15,18-23H2,1-6H3,(H,48,53)/b2*10-8-/t24-,25+,27+,29+,31-,32-,42+;24-,25-,27-,29-,31+,32+,42-/m01/s1. The lowest BCUT2D eigenvalue weighted by molar-refractivity contribution is -0.197. The fourth-order valence-corrected chi connectivity index (χ4v) is 19.6. The fraction of sp³-hybridized carbons (Fsp3) is 0.643. The summed E-state index contributed by atoms with van der Waals surface area (Å²) in [4.78, 5) is 125. The summed E-state index contributed by atoms with van der Waals surface area (Å²) in [6.07, 6.45) is 7.07. The van der Waals surface area contributed by atoms with Crippen LogP contribution in [0.3, 0.4) is 0 Å². The maximum Gasteiger partial charge on any atom is 0.307 e. The van der Waals surface area contributed by atoms with Gasteiger partial charge in [-0.25, -0.2) is 52.0 Å². The number of alkyl halides is 6. The highest BCUT2D eigenvalue weighted by atomic mass is 32.2. The van der Waals surface area contributed by atoms with E-state index in [1.165, 1.54) is 72.6 Å². The number of sulfonamides is 2. The average molecular weight is 1700 g/mol. The number of carbonyl (C=O) groups is 8. The number of nitrogens with zero attached hydrogens (tertiary/aromatic N) is 4. The van der Waals surface area contributed by atoms with Gasteiger partial charge in [0.25, 0.3) is 11.8 Å². The van der Waals surface area contributed by atoms with Crippen LogP contribution in [-0.4, -0.2) is 181 Å². The second-order valence-corrected chi connectivity index (χ2v) is 39.5. The number of nitrogens with one attached hydrogen (secondary N) is 2. The lowest BCUT2D eigenvalue weighted by Gasteiger charge is -2.34. The van der Waals surface area contributed by atoms with Gasteiger partial charge in [-0.15, -0.1) is 0 Å².